The number of hydrogen-bond donors (Lipinski definition) is 1. The van der Waals surface area contributed by atoms with E-state index in [0.29, 0.717) is 5.56 Å². The van der Waals surface area contributed by atoms with Gasteiger partial charge >= 0.3 is 0 Å². The monoisotopic (exact) mass is 473 g/mol. The predicted octanol–water partition coefficient (Wildman–Crippen LogP) is 3.95. The highest BCUT2D eigenvalue weighted by Gasteiger charge is 2.16. The Hall–Kier alpha value is -2.70. The van der Waals surface area contributed by atoms with Gasteiger partial charge in [-0.05, 0) is 25.1 Å². The number of pyridine rings is 2. The third-order valence-electron chi connectivity index (χ3n) is 5.14. The Kier molecular flexibility index (Phi) is 7.13. The normalized spacial score (nSPS) is 13.4. The lowest BCUT2D eigenvalue weighted by Crippen LogP contribution is -2.43. The molecule has 0 spiro atoms. The molecule has 1 aliphatic rings. The first-order valence-corrected chi connectivity index (χ1v) is 10.3. The summed E-state index contributed by atoms with van der Waals surface area (Å²) < 4.78 is 1.78. The molecule has 5 heterocycles. The van der Waals surface area contributed by atoms with Crippen molar-refractivity contribution in [2.45, 2.75) is 6.92 Å². The maximum Gasteiger partial charge on any atom is 0.128 e. The van der Waals surface area contributed by atoms with E-state index in [-0.39, 0.29) is 24.8 Å². The number of nitrogens with one attached hydrogen (secondary N) is 1. The van der Waals surface area contributed by atoms with E-state index in [1.54, 1.807) is 22.0 Å². The van der Waals surface area contributed by atoms with E-state index in [1.165, 1.54) is 0 Å². The molecule has 0 unspecified atom stereocenters. The third-order valence-corrected chi connectivity index (χ3v) is 6.10. The van der Waals surface area contributed by atoms with Crippen LogP contribution >= 0.6 is 36.2 Å². The predicted molar refractivity (Wildman–Crippen MR) is 129 cm³/mol. The Morgan fingerprint density at radius 2 is 1.87 bits per heavy atom. The van der Waals surface area contributed by atoms with E-state index in [2.05, 4.69) is 44.6 Å². The molecule has 1 fully saturated rings. The van der Waals surface area contributed by atoms with E-state index in [9.17, 15) is 5.26 Å². The summed E-state index contributed by atoms with van der Waals surface area (Å²) in [6.45, 7) is 5.85. The Bertz CT molecular complexity index is 1220. The number of thiazole rings is 1. The lowest BCUT2D eigenvalue weighted by Gasteiger charge is -2.28. The number of fused-ring (bicyclic) bond motifs is 1. The van der Waals surface area contributed by atoms with Gasteiger partial charge in [-0.25, -0.2) is 14.5 Å². The number of nitriles is 1. The number of rotatable bonds is 3. The summed E-state index contributed by atoms with van der Waals surface area (Å²) in [5.74, 6) is 0.981. The van der Waals surface area contributed by atoms with Gasteiger partial charge in [-0.1, -0.05) is 0 Å². The van der Waals surface area contributed by atoms with Gasteiger partial charge in [0, 0.05) is 61.5 Å². The summed E-state index contributed by atoms with van der Waals surface area (Å²) in [4.78, 5) is 12.4. The summed E-state index contributed by atoms with van der Waals surface area (Å²) in [6.07, 6.45) is 7.34. The van der Waals surface area contributed by atoms with E-state index < -0.39 is 0 Å². The largest absolute Gasteiger partial charge is 0.354 e. The fourth-order valence-corrected chi connectivity index (χ4v) is 4.44. The third kappa shape index (κ3) is 4.36. The van der Waals surface area contributed by atoms with Crippen LogP contribution in [0.15, 0.2) is 43.0 Å². The molecule has 4 aromatic rings. The molecule has 0 aliphatic carbocycles. The molecule has 0 saturated carbocycles. The second-order valence-corrected chi connectivity index (χ2v) is 8.23. The summed E-state index contributed by atoms with van der Waals surface area (Å²) in [5.41, 5.74) is 4.29. The molecular formula is C21H21Cl2N7S. The average molecular weight is 474 g/mol. The zero-order valence-corrected chi connectivity index (χ0v) is 19.2. The van der Waals surface area contributed by atoms with Crippen molar-refractivity contribution in [2.24, 2.45) is 0 Å². The zero-order valence-electron chi connectivity index (χ0n) is 16.8. The van der Waals surface area contributed by atoms with Crippen LogP contribution in [0.25, 0.3) is 27.1 Å². The van der Waals surface area contributed by atoms with Gasteiger partial charge in [-0.15, -0.1) is 36.2 Å². The van der Waals surface area contributed by atoms with Crippen LogP contribution in [0.4, 0.5) is 5.82 Å². The maximum absolute atomic E-state index is 9.56. The Morgan fingerprint density at radius 1 is 1.06 bits per heavy atom. The minimum absolute atomic E-state index is 0. The smallest absolute Gasteiger partial charge is 0.128 e. The first-order valence-electron chi connectivity index (χ1n) is 9.49. The molecule has 7 nitrogen and oxygen atoms in total. The molecule has 1 saturated heterocycles. The number of aromatic nitrogens is 4. The highest BCUT2D eigenvalue weighted by Crippen LogP contribution is 2.34. The molecule has 1 N–H and O–H groups in total. The van der Waals surface area contributed by atoms with E-state index in [1.807, 2.05) is 25.5 Å². The average Bonchev–Trinajstić information content (AvgIpc) is 3.40. The van der Waals surface area contributed by atoms with Crippen molar-refractivity contribution in [2.75, 3.05) is 31.1 Å². The Morgan fingerprint density at radius 3 is 2.52 bits per heavy atom. The molecule has 10 heteroatoms. The SMILES string of the molecule is Cc1ncc(-c2cc(-c3ccc(N4CCNCC4)nc3)c3c(C#N)cnn3c2)s1.Cl.Cl. The maximum atomic E-state index is 9.56. The summed E-state index contributed by atoms with van der Waals surface area (Å²) in [5, 5.41) is 18.3. The van der Waals surface area contributed by atoms with Gasteiger partial charge in [0.15, 0.2) is 0 Å². The van der Waals surface area contributed by atoms with Gasteiger partial charge in [0.25, 0.3) is 0 Å². The first kappa shape index (κ1) is 23.0. The minimum Gasteiger partial charge on any atom is -0.354 e. The van der Waals surface area contributed by atoms with Gasteiger partial charge in [-0.2, -0.15) is 10.4 Å². The fraction of sp³-hybridized carbons (Fsp3) is 0.238. The Labute approximate surface area is 196 Å². The number of aryl methyl sites for hydroxylation is 1. The standard InChI is InChI=1S/C21H19N7S.2ClH/c1-14-24-12-19(29-14)16-8-18(21-17(9-22)11-26-28(21)13-16)15-2-3-20(25-10-15)27-6-4-23-5-7-27;;/h2-3,8,10-13,23H,4-7H2,1H3;2*1H. The minimum atomic E-state index is 0. The number of hydrogen-bond acceptors (Lipinski definition) is 7. The molecule has 1 aliphatic heterocycles. The molecule has 0 radical (unpaired) electrons. The van der Waals surface area contributed by atoms with E-state index in [0.717, 1.165) is 64.1 Å². The molecule has 160 valence electrons. The summed E-state index contributed by atoms with van der Waals surface area (Å²) in [6, 6.07) is 8.50. The highest BCUT2D eigenvalue weighted by molar-refractivity contribution is 7.15. The molecule has 0 amide bonds. The molecule has 0 aromatic carbocycles. The lowest BCUT2D eigenvalue weighted by atomic mass is 10.0. The molecule has 0 atom stereocenters. The van der Waals surface area contributed by atoms with Crippen molar-refractivity contribution in [3.05, 3.63) is 53.6 Å². The molecular weight excluding hydrogens is 453 g/mol. The van der Waals surface area contributed by atoms with Crippen molar-refractivity contribution in [3.63, 3.8) is 0 Å². The van der Waals surface area contributed by atoms with Gasteiger partial charge in [0.2, 0.25) is 0 Å². The molecule has 31 heavy (non-hydrogen) atoms. The second-order valence-electron chi connectivity index (χ2n) is 6.99. The quantitative estimate of drug-likeness (QED) is 0.484. The van der Waals surface area contributed by atoms with Crippen molar-refractivity contribution in [3.8, 4) is 27.6 Å². The van der Waals surface area contributed by atoms with Crippen LogP contribution in [-0.2, 0) is 0 Å². The molecule has 4 aromatic heterocycles. The van der Waals surface area contributed by atoms with Crippen molar-refractivity contribution in [1.29, 1.82) is 5.26 Å². The van der Waals surface area contributed by atoms with Gasteiger partial charge in [-0.3, -0.25) is 0 Å². The molecule has 0 bridgehead atoms. The second kappa shape index (κ2) is 9.62. The van der Waals surface area contributed by atoms with Crippen LogP contribution < -0.4 is 10.2 Å². The number of nitrogens with zero attached hydrogens (tertiary/aromatic N) is 6. The van der Waals surface area contributed by atoms with Gasteiger partial charge in [0.1, 0.15) is 11.9 Å². The van der Waals surface area contributed by atoms with E-state index >= 15 is 0 Å². The molecule has 5 rings (SSSR count). The first-order chi connectivity index (χ1) is 14.2. The van der Waals surface area contributed by atoms with Gasteiger partial charge < -0.3 is 10.2 Å². The van der Waals surface area contributed by atoms with Crippen LogP contribution in [0.3, 0.4) is 0 Å². The fourth-order valence-electron chi connectivity index (χ4n) is 3.68. The van der Waals surface area contributed by atoms with Crippen LogP contribution in [0.2, 0.25) is 0 Å². The lowest BCUT2D eigenvalue weighted by molar-refractivity contribution is 0.585. The highest BCUT2D eigenvalue weighted by atomic mass is 35.5. The van der Waals surface area contributed by atoms with Crippen LogP contribution in [0.5, 0.6) is 0 Å². The van der Waals surface area contributed by atoms with Crippen LogP contribution in [0.1, 0.15) is 10.6 Å². The topological polar surface area (TPSA) is 82.1 Å². The van der Waals surface area contributed by atoms with Gasteiger partial charge in [0.05, 0.1) is 27.2 Å². The Balaban J connectivity index is 0.00000136. The van der Waals surface area contributed by atoms with Crippen molar-refractivity contribution >= 4 is 47.5 Å². The van der Waals surface area contributed by atoms with Crippen molar-refractivity contribution in [1.82, 2.24) is 24.9 Å². The number of anilines is 1. The summed E-state index contributed by atoms with van der Waals surface area (Å²) in [7, 11) is 0. The zero-order chi connectivity index (χ0) is 19.8. The number of piperazine rings is 1. The van der Waals surface area contributed by atoms with E-state index in [4.69, 9.17) is 4.98 Å². The summed E-state index contributed by atoms with van der Waals surface area (Å²) >= 11 is 1.64. The van der Waals surface area contributed by atoms with Crippen LogP contribution in [-0.4, -0.2) is 45.8 Å². The van der Waals surface area contributed by atoms with Crippen molar-refractivity contribution < 1.29 is 0 Å². The van der Waals surface area contributed by atoms with Crippen LogP contribution in [0, 0.1) is 18.3 Å². The number of halogens is 2.